The number of nitrogens with zero attached hydrogens (tertiary/aromatic N) is 1. The van der Waals surface area contributed by atoms with Crippen molar-refractivity contribution in [3.8, 4) is 0 Å². The lowest BCUT2D eigenvalue weighted by Gasteiger charge is -2.14. The van der Waals surface area contributed by atoms with Gasteiger partial charge >= 0.3 is 5.97 Å². The van der Waals surface area contributed by atoms with E-state index in [9.17, 15) is 19.5 Å². The molecule has 0 saturated heterocycles. The highest BCUT2D eigenvalue weighted by Crippen LogP contribution is 2.20. The topological polar surface area (TPSA) is 112 Å². The van der Waals surface area contributed by atoms with Crippen LogP contribution in [0.3, 0.4) is 0 Å². The minimum Gasteiger partial charge on any atom is -0.480 e. The Morgan fingerprint density at radius 1 is 1.30 bits per heavy atom. The third kappa shape index (κ3) is 4.68. The maximum Gasteiger partial charge on any atom is 0.326 e. The van der Waals surface area contributed by atoms with E-state index in [-0.39, 0.29) is 11.5 Å². The summed E-state index contributed by atoms with van der Waals surface area (Å²) in [6, 6.07) is 7.22. The third-order valence-corrected chi connectivity index (χ3v) is 3.80. The van der Waals surface area contributed by atoms with Crippen molar-refractivity contribution in [2.45, 2.75) is 24.4 Å². The Morgan fingerprint density at radius 2 is 2.00 bits per heavy atom. The number of imidazole rings is 1. The molecule has 0 aliphatic carbocycles. The molecule has 0 bridgehead atoms. The van der Waals surface area contributed by atoms with Gasteiger partial charge in [-0.15, -0.1) is 0 Å². The van der Waals surface area contributed by atoms with Crippen LogP contribution in [0.25, 0.3) is 0 Å². The lowest BCUT2D eigenvalue weighted by molar-refractivity contribution is -0.139. The molecule has 120 valence electrons. The minimum atomic E-state index is -1.16. The average molecular weight is 333 g/mol. The van der Waals surface area contributed by atoms with E-state index in [1.165, 1.54) is 13.3 Å². The zero-order valence-electron chi connectivity index (χ0n) is 12.3. The Kier molecular flexibility index (Phi) is 5.53. The van der Waals surface area contributed by atoms with Gasteiger partial charge in [0, 0.05) is 18.9 Å². The molecule has 0 saturated carbocycles. The number of rotatable bonds is 6. The summed E-state index contributed by atoms with van der Waals surface area (Å²) in [7, 11) is 0. The molecule has 2 rings (SSSR count). The average Bonchev–Trinajstić information content (AvgIpc) is 2.93. The molecule has 1 amide bonds. The fourth-order valence-electron chi connectivity index (χ4n) is 1.91. The number of carboxylic acids is 1. The van der Waals surface area contributed by atoms with Crippen molar-refractivity contribution < 1.29 is 19.5 Å². The van der Waals surface area contributed by atoms with Gasteiger partial charge in [-0.05, 0) is 23.9 Å². The molecule has 1 heterocycles. The molecule has 1 atom stereocenters. The molecule has 8 heteroatoms. The molecule has 1 aromatic carbocycles. The number of carboxylic acid groups (broad SMARTS) is 1. The van der Waals surface area contributed by atoms with Crippen molar-refractivity contribution >= 4 is 28.8 Å². The number of aromatic nitrogens is 2. The summed E-state index contributed by atoms with van der Waals surface area (Å²) < 4.78 is 0. The van der Waals surface area contributed by atoms with Gasteiger partial charge < -0.3 is 15.4 Å². The van der Waals surface area contributed by atoms with Gasteiger partial charge in [0.25, 0.3) is 5.91 Å². The molecule has 7 nitrogen and oxygen atoms in total. The summed E-state index contributed by atoms with van der Waals surface area (Å²) in [5, 5.41) is 12.0. The van der Waals surface area contributed by atoms with Crippen LogP contribution in [-0.2, 0) is 16.0 Å². The van der Waals surface area contributed by atoms with Crippen LogP contribution >= 0.6 is 11.8 Å². The van der Waals surface area contributed by atoms with Crippen molar-refractivity contribution in [3.63, 3.8) is 0 Å². The van der Waals surface area contributed by atoms with Crippen molar-refractivity contribution in [2.75, 3.05) is 0 Å². The van der Waals surface area contributed by atoms with Gasteiger partial charge in [-0.3, -0.25) is 9.59 Å². The number of amides is 1. The molecule has 0 spiro atoms. The number of nitrogens with one attached hydrogen (secondary N) is 2. The molecule has 3 N–H and O–H groups in total. The van der Waals surface area contributed by atoms with E-state index in [1.54, 1.807) is 30.3 Å². The van der Waals surface area contributed by atoms with E-state index >= 15 is 0 Å². The first-order chi connectivity index (χ1) is 11.0. The quantitative estimate of drug-likeness (QED) is 0.690. The molecule has 0 radical (unpaired) electrons. The predicted molar refractivity (Wildman–Crippen MR) is 84.2 cm³/mol. The van der Waals surface area contributed by atoms with Gasteiger partial charge in [-0.1, -0.05) is 18.2 Å². The summed E-state index contributed by atoms with van der Waals surface area (Å²) in [5.41, 5.74) is 0.868. The van der Waals surface area contributed by atoms with Gasteiger partial charge in [0.15, 0.2) is 5.12 Å². The highest BCUT2D eigenvalue weighted by atomic mass is 32.2. The van der Waals surface area contributed by atoms with Gasteiger partial charge in [-0.25, -0.2) is 9.78 Å². The lowest BCUT2D eigenvalue weighted by atomic mass is 10.1. The summed E-state index contributed by atoms with van der Waals surface area (Å²) >= 11 is 0.914. The third-order valence-electron chi connectivity index (χ3n) is 2.97. The second kappa shape index (κ2) is 7.59. The summed E-state index contributed by atoms with van der Waals surface area (Å²) in [5.74, 6) is -1.64. The van der Waals surface area contributed by atoms with Crippen LogP contribution in [0.5, 0.6) is 0 Å². The second-order valence-electron chi connectivity index (χ2n) is 4.71. The van der Waals surface area contributed by atoms with Crippen LogP contribution < -0.4 is 5.32 Å². The maximum atomic E-state index is 12.1. The number of hydrogen-bond acceptors (Lipinski definition) is 5. The van der Waals surface area contributed by atoms with E-state index < -0.39 is 17.9 Å². The predicted octanol–water partition coefficient (Wildman–Crippen LogP) is 1.47. The van der Waals surface area contributed by atoms with Crippen molar-refractivity contribution in [1.29, 1.82) is 0 Å². The van der Waals surface area contributed by atoms with E-state index in [1.807, 2.05) is 0 Å². The molecule has 23 heavy (non-hydrogen) atoms. The number of aliphatic carboxylic acids is 1. The van der Waals surface area contributed by atoms with Crippen molar-refractivity contribution in [3.05, 3.63) is 47.9 Å². The maximum absolute atomic E-state index is 12.1. The SMILES string of the molecule is CC(=O)Sc1nc[nH]c1C[C@H](NC(=O)c1ccccc1)C(=O)O. The molecule has 0 aliphatic heterocycles. The second-order valence-corrected chi connectivity index (χ2v) is 5.88. The van der Waals surface area contributed by atoms with Crippen molar-refractivity contribution in [2.24, 2.45) is 0 Å². The van der Waals surface area contributed by atoms with Crippen LogP contribution in [-0.4, -0.2) is 38.1 Å². The fourth-order valence-corrected chi connectivity index (χ4v) is 2.56. The minimum absolute atomic E-state index is 0.00349. The fraction of sp³-hybridized carbons (Fsp3) is 0.200. The number of benzene rings is 1. The number of H-pyrrole nitrogens is 1. The molecule has 2 aromatic rings. The Labute approximate surface area is 136 Å². The number of aromatic amines is 1. The molecular formula is C15H15N3O4S. The Bertz CT molecular complexity index is 715. The van der Waals surface area contributed by atoms with Crippen LogP contribution in [0.2, 0.25) is 0 Å². The molecular weight excluding hydrogens is 318 g/mol. The smallest absolute Gasteiger partial charge is 0.326 e. The number of carbonyl (C=O) groups excluding carboxylic acids is 2. The molecule has 1 aromatic heterocycles. The Morgan fingerprint density at radius 3 is 2.61 bits per heavy atom. The van der Waals surface area contributed by atoms with E-state index in [4.69, 9.17) is 0 Å². The van der Waals surface area contributed by atoms with Crippen LogP contribution in [0, 0.1) is 0 Å². The zero-order valence-corrected chi connectivity index (χ0v) is 13.1. The molecule has 0 aliphatic rings. The summed E-state index contributed by atoms with van der Waals surface area (Å²) in [6.45, 7) is 1.40. The first-order valence-electron chi connectivity index (χ1n) is 6.76. The largest absolute Gasteiger partial charge is 0.480 e. The van der Waals surface area contributed by atoms with Gasteiger partial charge in [0.1, 0.15) is 11.1 Å². The van der Waals surface area contributed by atoms with E-state index in [0.29, 0.717) is 16.3 Å². The van der Waals surface area contributed by atoms with E-state index in [2.05, 4.69) is 15.3 Å². The number of thioether (sulfide) groups is 1. The monoisotopic (exact) mass is 333 g/mol. The van der Waals surface area contributed by atoms with Crippen molar-refractivity contribution in [1.82, 2.24) is 15.3 Å². The van der Waals surface area contributed by atoms with Crippen LogP contribution in [0.1, 0.15) is 23.0 Å². The van der Waals surface area contributed by atoms with Gasteiger partial charge in [-0.2, -0.15) is 0 Å². The highest BCUT2D eigenvalue weighted by Gasteiger charge is 2.23. The summed E-state index contributed by atoms with van der Waals surface area (Å²) in [4.78, 5) is 41.5. The van der Waals surface area contributed by atoms with E-state index in [0.717, 1.165) is 11.8 Å². The Hall–Kier alpha value is -2.61. The van der Waals surface area contributed by atoms with Crippen LogP contribution in [0.15, 0.2) is 41.7 Å². The van der Waals surface area contributed by atoms with Gasteiger partial charge in [0.05, 0.1) is 12.0 Å². The molecule has 0 fully saturated rings. The highest BCUT2D eigenvalue weighted by molar-refractivity contribution is 8.13. The number of hydrogen-bond donors (Lipinski definition) is 3. The molecule has 0 unspecified atom stereocenters. The van der Waals surface area contributed by atoms with Gasteiger partial charge in [0.2, 0.25) is 0 Å². The summed E-state index contributed by atoms with van der Waals surface area (Å²) in [6.07, 6.45) is 1.39. The Balaban J connectivity index is 2.11. The first kappa shape index (κ1) is 16.8. The first-order valence-corrected chi connectivity index (χ1v) is 7.58. The lowest BCUT2D eigenvalue weighted by Crippen LogP contribution is -2.42. The number of carbonyl (C=O) groups is 3. The normalized spacial score (nSPS) is 11.7. The van der Waals surface area contributed by atoms with Crippen LogP contribution in [0.4, 0.5) is 0 Å². The standard InChI is InChI=1S/C15H15N3O4S/c1-9(19)23-14-11(16-8-17-14)7-12(15(21)22)18-13(20)10-5-3-2-4-6-10/h2-6,8,12H,7H2,1H3,(H,16,17)(H,18,20)(H,21,22)/t12-/m0/s1. The zero-order chi connectivity index (χ0) is 16.8.